The van der Waals surface area contributed by atoms with Crippen molar-refractivity contribution in [3.05, 3.63) is 24.3 Å². The highest BCUT2D eigenvalue weighted by atomic mass is 16.5. The normalized spacial score (nSPS) is 10.4. The maximum absolute atomic E-state index is 9.10. The van der Waals surface area contributed by atoms with Crippen LogP contribution in [0.3, 0.4) is 0 Å². The van der Waals surface area contributed by atoms with E-state index in [1.807, 2.05) is 31.2 Å². The Labute approximate surface area is 149 Å². The summed E-state index contributed by atoms with van der Waals surface area (Å²) in [6, 6.07) is 7.80. The summed E-state index contributed by atoms with van der Waals surface area (Å²) in [5, 5.41) is 18.3. The maximum Gasteiger partial charge on any atom is 0.414 e. The molecule has 1 aromatic rings. The van der Waals surface area contributed by atoms with E-state index in [-0.39, 0.29) is 5.54 Å². The van der Waals surface area contributed by atoms with Crippen LogP contribution >= 0.6 is 0 Å². The van der Waals surface area contributed by atoms with Gasteiger partial charge in [0, 0.05) is 5.54 Å². The summed E-state index contributed by atoms with van der Waals surface area (Å²) in [7, 11) is 0. The second-order valence-corrected chi connectivity index (χ2v) is 6.25. The number of rotatable bonds is 8. The number of carboxylic acids is 2. The van der Waals surface area contributed by atoms with Gasteiger partial charge in [-0.05, 0) is 71.3 Å². The van der Waals surface area contributed by atoms with Crippen molar-refractivity contribution in [2.45, 2.75) is 46.1 Å². The van der Waals surface area contributed by atoms with Gasteiger partial charge in [0.2, 0.25) is 0 Å². The topological polar surface area (TPSA) is 105 Å². The van der Waals surface area contributed by atoms with Crippen LogP contribution in [0.2, 0.25) is 0 Å². The first-order chi connectivity index (χ1) is 11.7. The van der Waals surface area contributed by atoms with Crippen LogP contribution in [0.25, 0.3) is 0 Å². The lowest BCUT2D eigenvalue weighted by Crippen LogP contribution is -2.36. The Balaban J connectivity index is 0.000000823. The van der Waals surface area contributed by atoms with Crippen molar-refractivity contribution in [1.82, 2.24) is 5.32 Å². The molecule has 0 saturated carbocycles. The fourth-order valence-electron chi connectivity index (χ4n) is 1.68. The van der Waals surface area contributed by atoms with Gasteiger partial charge in [-0.1, -0.05) is 0 Å². The van der Waals surface area contributed by atoms with E-state index in [0.717, 1.165) is 37.5 Å². The van der Waals surface area contributed by atoms with Gasteiger partial charge in [-0.15, -0.1) is 0 Å². The molecule has 0 aromatic heterocycles. The van der Waals surface area contributed by atoms with E-state index in [9.17, 15) is 0 Å². The lowest BCUT2D eigenvalue weighted by atomic mass is 10.1. The largest absolute Gasteiger partial charge is 0.494 e. The highest BCUT2D eigenvalue weighted by Gasteiger charge is 2.07. The molecule has 0 heterocycles. The molecule has 7 heteroatoms. The van der Waals surface area contributed by atoms with E-state index in [4.69, 9.17) is 29.3 Å². The van der Waals surface area contributed by atoms with Crippen molar-refractivity contribution in [3.63, 3.8) is 0 Å². The van der Waals surface area contributed by atoms with Crippen LogP contribution in [0.15, 0.2) is 24.3 Å². The zero-order valence-electron chi connectivity index (χ0n) is 15.4. The minimum absolute atomic E-state index is 0.204. The number of ether oxygens (including phenoxy) is 2. The van der Waals surface area contributed by atoms with E-state index in [2.05, 4.69) is 26.1 Å². The number of hydrogen-bond acceptors (Lipinski definition) is 5. The number of benzene rings is 1. The van der Waals surface area contributed by atoms with Crippen molar-refractivity contribution < 1.29 is 29.3 Å². The summed E-state index contributed by atoms with van der Waals surface area (Å²) in [5.74, 6) is -1.85. The minimum Gasteiger partial charge on any atom is -0.494 e. The van der Waals surface area contributed by atoms with Gasteiger partial charge in [-0.25, -0.2) is 9.59 Å². The third kappa shape index (κ3) is 13.8. The average Bonchev–Trinajstić information content (AvgIpc) is 2.52. The summed E-state index contributed by atoms with van der Waals surface area (Å²) in [6.45, 7) is 11.0. The van der Waals surface area contributed by atoms with Crippen LogP contribution in [-0.4, -0.2) is 47.4 Å². The standard InChI is InChI=1S/C16H27NO2.C2H2O4/c1-5-18-14-8-10-15(11-9-14)19-13-7-6-12-17-16(2,3)4;3-1(4)2(5)6/h8-11,17H,5-7,12-13H2,1-4H3;(H,3,4)(H,5,6). The maximum atomic E-state index is 9.10. The van der Waals surface area contributed by atoms with E-state index in [1.165, 1.54) is 0 Å². The first-order valence-electron chi connectivity index (χ1n) is 8.22. The Bertz CT molecular complexity index is 495. The molecule has 0 bridgehead atoms. The van der Waals surface area contributed by atoms with Crippen LogP contribution in [0.5, 0.6) is 11.5 Å². The predicted molar refractivity (Wildman–Crippen MR) is 95.4 cm³/mol. The summed E-state index contributed by atoms with van der Waals surface area (Å²) >= 11 is 0. The molecule has 0 aliphatic carbocycles. The smallest absolute Gasteiger partial charge is 0.414 e. The monoisotopic (exact) mass is 355 g/mol. The Hall–Kier alpha value is -2.28. The Morgan fingerprint density at radius 2 is 1.44 bits per heavy atom. The molecular weight excluding hydrogens is 326 g/mol. The lowest BCUT2D eigenvalue weighted by Gasteiger charge is -2.20. The van der Waals surface area contributed by atoms with Crippen molar-refractivity contribution in [2.24, 2.45) is 0 Å². The fraction of sp³-hybridized carbons (Fsp3) is 0.556. The molecule has 0 saturated heterocycles. The van der Waals surface area contributed by atoms with Gasteiger partial charge >= 0.3 is 11.9 Å². The van der Waals surface area contributed by atoms with Gasteiger partial charge in [0.1, 0.15) is 11.5 Å². The number of carboxylic acid groups (broad SMARTS) is 2. The van der Waals surface area contributed by atoms with Gasteiger partial charge in [-0.2, -0.15) is 0 Å². The third-order valence-electron chi connectivity index (χ3n) is 2.81. The number of aliphatic carboxylic acids is 2. The first kappa shape index (κ1) is 22.7. The number of carbonyl (C=O) groups is 2. The van der Waals surface area contributed by atoms with Crippen molar-refractivity contribution in [2.75, 3.05) is 19.8 Å². The SMILES string of the molecule is CCOc1ccc(OCCCCNC(C)(C)C)cc1.O=C(O)C(=O)O. The molecule has 0 radical (unpaired) electrons. The number of hydrogen-bond donors (Lipinski definition) is 3. The van der Waals surface area contributed by atoms with Gasteiger partial charge in [0.05, 0.1) is 13.2 Å². The van der Waals surface area contributed by atoms with Crippen molar-refractivity contribution >= 4 is 11.9 Å². The molecule has 142 valence electrons. The molecule has 0 spiro atoms. The summed E-state index contributed by atoms with van der Waals surface area (Å²) in [4.78, 5) is 18.2. The summed E-state index contributed by atoms with van der Waals surface area (Å²) in [5.41, 5.74) is 0.204. The Kier molecular flexibility index (Phi) is 11.0. The zero-order valence-corrected chi connectivity index (χ0v) is 15.4. The summed E-state index contributed by atoms with van der Waals surface area (Å²) < 4.78 is 11.1. The molecule has 1 rings (SSSR count). The second kappa shape index (κ2) is 12.1. The second-order valence-electron chi connectivity index (χ2n) is 6.25. The minimum atomic E-state index is -1.82. The van der Waals surface area contributed by atoms with E-state index < -0.39 is 11.9 Å². The molecule has 0 amide bonds. The van der Waals surface area contributed by atoms with Crippen LogP contribution in [0.4, 0.5) is 0 Å². The molecule has 0 unspecified atom stereocenters. The van der Waals surface area contributed by atoms with Crippen molar-refractivity contribution in [3.8, 4) is 11.5 Å². The molecule has 7 nitrogen and oxygen atoms in total. The number of nitrogens with one attached hydrogen (secondary N) is 1. The van der Waals surface area contributed by atoms with Gasteiger partial charge in [0.25, 0.3) is 0 Å². The zero-order chi connectivity index (χ0) is 19.3. The van der Waals surface area contributed by atoms with Gasteiger partial charge < -0.3 is 25.0 Å². The quantitative estimate of drug-likeness (QED) is 0.486. The lowest BCUT2D eigenvalue weighted by molar-refractivity contribution is -0.159. The van der Waals surface area contributed by atoms with Crippen LogP contribution in [0, 0.1) is 0 Å². The highest BCUT2D eigenvalue weighted by molar-refractivity contribution is 6.27. The van der Waals surface area contributed by atoms with E-state index in [1.54, 1.807) is 0 Å². The third-order valence-corrected chi connectivity index (χ3v) is 2.81. The van der Waals surface area contributed by atoms with Crippen LogP contribution in [0.1, 0.15) is 40.5 Å². The van der Waals surface area contributed by atoms with Gasteiger partial charge in [-0.3, -0.25) is 0 Å². The molecule has 0 fully saturated rings. The highest BCUT2D eigenvalue weighted by Crippen LogP contribution is 2.17. The van der Waals surface area contributed by atoms with Crippen molar-refractivity contribution in [1.29, 1.82) is 0 Å². The van der Waals surface area contributed by atoms with Crippen LogP contribution in [-0.2, 0) is 9.59 Å². The molecule has 0 aliphatic heterocycles. The Morgan fingerprint density at radius 3 is 1.84 bits per heavy atom. The molecule has 3 N–H and O–H groups in total. The van der Waals surface area contributed by atoms with Crippen LogP contribution < -0.4 is 14.8 Å². The Morgan fingerprint density at radius 1 is 0.960 bits per heavy atom. The summed E-state index contributed by atoms with van der Waals surface area (Å²) in [6.07, 6.45) is 2.20. The average molecular weight is 355 g/mol. The number of unbranched alkanes of at least 4 members (excludes halogenated alkanes) is 1. The van der Waals surface area contributed by atoms with Gasteiger partial charge in [0.15, 0.2) is 0 Å². The molecular formula is C18H29NO6. The fourth-order valence-corrected chi connectivity index (χ4v) is 1.68. The van der Waals surface area contributed by atoms with E-state index in [0.29, 0.717) is 6.61 Å². The molecule has 0 aliphatic rings. The van der Waals surface area contributed by atoms with E-state index >= 15 is 0 Å². The molecule has 25 heavy (non-hydrogen) atoms. The molecule has 1 aromatic carbocycles. The first-order valence-corrected chi connectivity index (χ1v) is 8.22. The molecule has 0 atom stereocenters. The predicted octanol–water partition coefficient (Wildman–Crippen LogP) is 2.79.